The van der Waals surface area contributed by atoms with Gasteiger partial charge in [0.05, 0.1) is 11.4 Å². The van der Waals surface area contributed by atoms with Crippen LogP contribution in [0.2, 0.25) is 0 Å². The number of benzene rings is 14. The first-order chi connectivity index (χ1) is 46.1. The molecular formula is C85H58B2N4S2. The molecule has 0 saturated heterocycles. The van der Waals surface area contributed by atoms with Crippen LogP contribution in [0.25, 0.3) is 33.4 Å². The second-order valence-electron chi connectivity index (χ2n) is 24.4. The molecule has 4 aliphatic rings. The lowest BCUT2D eigenvalue weighted by Crippen LogP contribution is -2.64. The maximum atomic E-state index is 2.67. The molecule has 4 heterocycles. The van der Waals surface area contributed by atoms with Crippen molar-refractivity contribution in [2.24, 2.45) is 0 Å². The predicted octanol–water partition coefficient (Wildman–Crippen LogP) is 19.5. The van der Waals surface area contributed by atoms with Crippen LogP contribution in [0.15, 0.2) is 353 Å². The summed E-state index contributed by atoms with van der Waals surface area (Å²) in [5, 5.41) is 0. The molecule has 0 radical (unpaired) electrons. The van der Waals surface area contributed by atoms with Gasteiger partial charge in [-0.1, -0.05) is 265 Å². The number of hydrogen-bond donors (Lipinski definition) is 0. The van der Waals surface area contributed by atoms with Crippen molar-refractivity contribution in [2.45, 2.75) is 26.5 Å². The van der Waals surface area contributed by atoms with Crippen molar-refractivity contribution in [2.75, 3.05) is 19.6 Å². The summed E-state index contributed by atoms with van der Waals surface area (Å²) in [7, 11) is 0. The second kappa shape index (κ2) is 22.8. The molecule has 14 aromatic rings. The first-order valence-electron chi connectivity index (χ1n) is 32.0. The Morgan fingerprint density at radius 1 is 0.269 bits per heavy atom. The Labute approximate surface area is 552 Å². The lowest BCUT2D eigenvalue weighted by Gasteiger charge is -2.46. The predicted molar refractivity (Wildman–Crippen MR) is 397 cm³/mol. The highest BCUT2D eigenvalue weighted by atomic mass is 32.2. The van der Waals surface area contributed by atoms with Crippen LogP contribution in [0.1, 0.15) is 5.56 Å². The molecule has 93 heavy (non-hydrogen) atoms. The summed E-state index contributed by atoms with van der Waals surface area (Å²) in [4.78, 5) is 15.2. The van der Waals surface area contributed by atoms with Gasteiger partial charge in [0.15, 0.2) is 0 Å². The van der Waals surface area contributed by atoms with Crippen LogP contribution in [0.5, 0.6) is 0 Å². The molecular weight excluding hydrogens is 1160 g/mol. The smallest absolute Gasteiger partial charge is 0.252 e. The van der Waals surface area contributed by atoms with Gasteiger partial charge in [-0.2, -0.15) is 0 Å². The molecule has 0 bridgehead atoms. The van der Waals surface area contributed by atoms with E-state index >= 15 is 0 Å². The van der Waals surface area contributed by atoms with Gasteiger partial charge in [-0.15, -0.1) is 0 Å². The molecule has 4 nitrogen and oxygen atoms in total. The summed E-state index contributed by atoms with van der Waals surface area (Å²) < 4.78 is 0. The third kappa shape index (κ3) is 9.34. The Hall–Kier alpha value is -10.9. The van der Waals surface area contributed by atoms with E-state index in [9.17, 15) is 0 Å². The van der Waals surface area contributed by atoms with Gasteiger partial charge in [0.25, 0.3) is 6.71 Å². The molecule has 8 heteroatoms. The molecule has 0 fully saturated rings. The van der Waals surface area contributed by atoms with Crippen molar-refractivity contribution < 1.29 is 0 Å². The lowest BCUT2D eigenvalue weighted by molar-refractivity contribution is 1.21. The number of anilines is 12. The maximum Gasteiger partial charge on any atom is 0.252 e. The van der Waals surface area contributed by atoms with Crippen LogP contribution >= 0.6 is 23.5 Å². The molecule has 0 N–H and O–H groups in total. The molecule has 4 aliphatic heterocycles. The molecule has 0 unspecified atom stereocenters. The van der Waals surface area contributed by atoms with E-state index < -0.39 is 0 Å². The number of aryl methyl sites for hydroxylation is 1. The van der Waals surface area contributed by atoms with Crippen LogP contribution in [0, 0.1) is 6.92 Å². The normalized spacial score (nSPS) is 12.8. The van der Waals surface area contributed by atoms with E-state index in [-0.39, 0.29) is 13.4 Å². The zero-order valence-corrected chi connectivity index (χ0v) is 52.6. The van der Waals surface area contributed by atoms with Crippen molar-refractivity contribution in [3.05, 3.63) is 339 Å². The Balaban J connectivity index is 0.892. The van der Waals surface area contributed by atoms with Crippen LogP contribution < -0.4 is 52.4 Å². The van der Waals surface area contributed by atoms with Gasteiger partial charge in [0.2, 0.25) is 6.71 Å². The van der Waals surface area contributed by atoms with E-state index in [0.717, 1.165) is 56.9 Å². The zero-order chi connectivity index (χ0) is 61.5. The summed E-state index contributed by atoms with van der Waals surface area (Å²) in [6, 6.07) is 124. The van der Waals surface area contributed by atoms with Crippen LogP contribution in [-0.4, -0.2) is 13.4 Å². The fraction of sp³-hybridized carbons (Fsp3) is 0.0118. The highest BCUT2D eigenvalue weighted by Gasteiger charge is 2.47. The van der Waals surface area contributed by atoms with E-state index in [1.807, 2.05) is 23.5 Å². The number of rotatable bonds is 11. The molecule has 0 atom stereocenters. The summed E-state index contributed by atoms with van der Waals surface area (Å²) in [6.45, 7) is 2.15. The van der Waals surface area contributed by atoms with E-state index in [2.05, 4.69) is 360 Å². The Kier molecular flexibility index (Phi) is 13.5. The third-order valence-corrected chi connectivity index (χ3v) is 21.3. The number of hydrogen-bond acceptors (Lipinski definition) is 6. The highest BCUT2D eigenvalue weighted by molar-refractivity contribution is 8.01. The Morgan fingerprint density at radius 3 is 1.31 bits per heavy atom. The van der Waals surface area contributed by atoms with E-state index in [1.165, 1.54) is 103 Å². The number of para-hydroxylation sites is 5. The van der Waals surface area contributed by atoms with Gasteiger partial charge in [0, 0.05) is 82.0 Å². The minimum absolute atomic E-state index is 0.0215. The quantitative estimate of drug-likeness (QED) is 0.119. The minimum Gasteiger partial charge on any atom is -0.311 e. The Bertz CT molecular complexity index is 5050. The molecule has 0 aromatic heterocycles. The van der Waals surface area contributed by atoms with Crippen LogP contribution in [0.4, 0.5) is 68.2 Å². The number of fused-ring (bicyclic) bond motifs is 8. The fourth-order valence-corrected chi connectivity index (χ4v) is 17.4. The third-order valence-electron chi connectivity index (χ3n) is 19.0. The van der Waals surface area contributed by atoms with Gasteiger partial charge in [0.1, 0.15) is 0 Å². The van der Waals surface area contributed by atoms with E-state index in [4.69, 9.17) is 0 Å². The second-order valence-corrected chi connectivity index (χ2v) is 26.5. The molecule has 0 spiro atoms. The summed E-state index contributed by atoms with van der Waals surface area (Å²) in [5.41, 5.74) is 29.7. The van der Waals surface area contributed by atoms with Gasteiger partial charge < -0.3 is 19.6 Å². The average molecular weight is 1220 g/mol. The van der Waals surface area contributed by atoms with Crippen LogP contribution in [0.3, 0.4) is 0 Å². The van der Waals surface area contributed by atoms with E-state index in [1.54, 1.807) is 0 Å². The largest absolute Gasteiger partial charge is 0.311 e. The first kappa shape index (κ1) is 55.0. The molecule has 0 aliphatic carbocycles. The standard InChI is InChI=1S/C85H58B2N4S2/c1-57-25-24-38-70(62-30-12-4-13-31-62)85(57)91-76-56-80-74(55-73(76)86-71-39-20-22-41-75(71)90(65-36-18-7-19-37-65)77-51-68(52-78(91)83(77)86)88(63-32-14-5-15-33-63)64-34-16-6-17-35-64)87-72-40-21-23-42-79(72)92-81-53-69(54-82(93-80)84(81)87)89(66-47-43-60(44-48-66)58-26-8-2-9-27-58)67-49-45-61(46-50-67)59-28-10-3-11-29-59/h2-56H,1H3. The lowest BCUT2D eigenvalue weighted by atomic mass is 9.31. The summed E-state index contributed by atoms with van der Waals surface area (Å²) in [5.74, 6) is 0. The SMILES string of the molecule is Cc1cccc(-c2ccccc2)c1N1c2cc3c(cc2B2c4ccccc4N(c4ccccc4)c4cc(N(c5ccccc5)c5ccccc5)cc1c42)B1c2ccccc2Sc2cc(N(c4ccc(-c5ccccc5)cc4)c4ccc(-c5ccccc5)cc4)cc(c21)S3. The summed E-state index contributed by atoms with van der Waals surface area (Å²) >= 11 is 3.84. The first-order valence-corrected chi connectivity index (χ1v) is 33.6. The minimum atomic E-state index is -0.126. The van der Waals surface area contributed by atoms with E-state index in [0.29, 0.717) is 0 Å². The fourth-order valence-electron chi connectivity index (χ4n) is 14.9. The van der Waals surface area contributed by atoms with Gasteiger partial charge >= 0.3 is 0 Å². The monoisotopic (exact) mass is 1220 g/mol. The van der Waals surface area contributed by atoms with Gasteiger partial charge in [-0.05, 0) is 165 Å². The topological polar surface area (TPSA) is 13.0 Å². The molecule has 436 valence electrons. The van der Waals surface area contributed by atoms with Crippen molar-refractivity contribution in [1.29, 1.82) is 0 Å². The molecule has 0 saturated carbocycles. The average Bonchev–Trinajstić information content (AvgIpc) is 0.698. The van der Waals surface area contributed by atoms with Crippen molar-refractivity contribution in [3.8, 4) is 33.4 Å². The zero-order valence-electron chi connectivity index (χ0n) is 51.0. The van der Waals surface area contributed by atoms with Gasteiger partial charge in [-0.25, -0.2) is 0 Å². The molecule has 18 rings (SSSR count). The molecule has 0 amide bonds. The molecule has 14 aromatic carbocycles. The summed E-state index contributed by atoms with van der Waals surface area (Å²) in [6.07, 6.45) is 0. The highest BCUT2D eigenvalue weighted by Crippen LogP contribution is 2.52. The van der Waals surface area contributed by atoms with Crippen molar-refractivity contribution in [1.82, 2.24) is 0 Å². The number of nitrogens with zero attached hydrogens (tertiary/aromatic N) is 4. The van der Waals surface area contributed by atoms with Crippen molar-refractivity contribution >= 4 is 138 Å². The maximum absolute atomic E-state index is 2.67. The van der Waals surface area contributed by atoms with Crippen molar-refractivity contribution in [3.63, 3.8) is 0 Å². The Morgan fingerprint density at radius 2 is 0.720 bits per heavy atom. The van der Waals surface area contributed by atoms with Gasteiger partial charge in [-0.3, -0.25) is 0 Å². The van der Waals surface area contributed by atoms with Crippen LogP contribution in [-0.2, 0) is 0 Å².